The number of carbonyl (C=O) groups is 2. The lowest BCUT2D eigenvalue weighted by molar-refractivity contribution is -0.113. The van der Waals surface area contributed by atoms with Crippen LogP contribution >= 0.6 is 0 Å². The highest BCUT2D eigenvalue weighted by Gasteiger charge is 2.21. The topological polar surface area (TPSA) is 40.6 Å². The van der Waals surface area contributed by atoms with Gasteiger partial charge in [-0.2, -0.15) is 0 Å². The zero-order valence-corrected chi connectivity index (χ0v) is 12.0. The largest absolute Gasteiger partial charge is 0.339 e. The van der Waals surface area contributed by atoms with Gasteiger partial charge >= 0.3 is 0 Å². The Morgan fingerprint density at radius 2 is 1.80 bits per heavy atom. The van der Waals surface area contributed by atoms with Crippen LogP contribution in [0.2, 0.25) is 0 Å². The third kappa shape index (κ3) is 2.50. The number of nitrogens with zero attached hydrogens (tertiary/aromatic N) is 2. The molecule has 20 heavy (non-hydrogen) atoms. The molecule has 1 aliphatic heterocycles. The molecule has 0 aromatic heterocycles. The van der Waals surface area contributed by atoms with Gasteiger partial charge in [0.15, 0.2) is 0 Å². The zero-order chi connectivity index (χ0) is 14.9. The summed E-state index contributed by atoms with van der Waals surface area (Å²) in [5.74, 6) is -0.148. The van der Waals surface area contributed by atoms with E-state index in [1.54, 1.807) is 42.3 Å². The maximum atomic E-state index is 12.2. The van der Waals surface area contributed by atoms with Crippen LogP contribution in [0.4, 0.5) is 5.69 Å². The summed E-state index contributed by atoms with van der Waals surface area (Å²) in [5, 5.41) is 0. The lowest BCUT2D eigenvalue weighted by Crippen LogP contribution is -2.33. The second-order valence-electron chi connectivity index (χ2n) is 5.05. The van der Waals surface area contributed by atoms with Gasteiger partial charge < -0.3 is 4.90 Å². The Balaban J connectivity index is 2.21. The van der Waals surface area contributed by atoms with Gasteiger partial charge in [-0.25, -0.2) is 0 Å². The van der Waals surface area contributed by atoms with Gasteiger partial charge in [-0.1, -0.05) is 6.58 Å². The normalized spacial score (nSPS) is 14.3. The maximum Gasteiger partial charge on any atom is 0.255 e. The number of benzene rings is 1. The first-order valence-electron chi connectivity index (χ1n) is 6.50. The van der Waals surface area contributed by atoms with Gasteiger partial charge in [-0.3, -0.25) is 14.5 Å². The van der Waals surface area contributed by atoms with E-state index in [9.17, 15) is 9.59 Å². The van der Waals surface area contributed by atoms with Crippen LogP contribution < -0.4 is 4.90 Å². The highest BCUT2D eigenvalue weighted by Crippen LogP contribution is 2.24. The summed E-state index contributed by atoms with van der Waals surface area (Å²) >= 11 is 0. The molecule has 0 bridgehead atoms. The number of amides is 2. The molecule has 0 spiro atoms. The van der Waals surface area contributed by atoms with Gasteiger partial charge in [0.25, 0.3) is 11.8 Å². The summed E-state index contributed by atoms with van der Waals surface area (Å²) in [4.78, 5) is 27.1. The standard InChI is InChI=1S/C16H18N2O2/c1-11(2)17(4)16(20)13-6-8-14(9-7-13)18-12(3)5-10-15(18)19/h5-11H,3H2,1-2,4H3. The average Bonchev–Trinajstić information content (AvgIpc) is 2.76. The summed E-state index contributed by atoms with van der Waals surface area (Å²) in [5.41, 5.74) is 1.96. The summed E-state index contributed by atoms with van der Waals surface area (Å²) in [6.45, 7) is 7.74. The van der Waals surface area contributed by atoms with Crippen LogP contribution in [0, 0.1) is 0 Å². The number of hydrogen-bond donors (Lipinski definition) is 0. The molecule has 104 valence electrons. The van der Waals surface area contributed by atoms with Gasteiger partial charge in [0, 0.05) is 36.1 Å². The quantitative estimate of drug-likeness (QED) is 0.847. The molecule has 4 heteroatoms. The Morgan fingerprint density at radius 1 is 1.20 bits per heavy atom. The van der Waals surface area contributed by atoms with Crippen LogP contribution in [-0.2, 0) is 4.79 Å². The molecule has 0 saturated heterocycles. The molecule has 0 atom stereocenters. The van der Waals surface area contributed by atoms with Gasteiger partial charge in [0.05, 0.1) is 0 Å². The van der Waals surface area contributed by atoms with Crippen LogP contribution in [0.3, 0.4) is 0 Å². The van der Waals surface area contributed by atoms with Crippen molar-refractivity contribution in [3.63, 3.8) is 0 Å². The first-order valence-corrected chi connectivity index (χ1v) is 6.50. The SMILES string of the molecule is C=C1C=CC(=O)N1c1ccc(C(=O)N(C)C(C)C)cc1. The van der Waals surface area contributed by atoms with E-state index < -0.39 is 0 Å². The molecule has 0 radical (unpaired) electrons. The van der Waals surface area contributed by atoms with Gasteiger partial charge in [-0.05, 0) is 44.2 Å². The molecular weight excluding hydrogens is 252 g/mol. The maximum absolute atomic E-state index is 12.2. The van der Waals surface area contributed by atoms with Crippen LogP contribution in [0.5, 0.6) is 0 Å². The lowest BCUT2D eigenvalue weighted by atomic mass is 10.1. The smallest absolute Gasteiger partial charge is 0.255 e. The third-order valence-corrected chi connectivity index (χ3v) is 3.39. The first-order chi connectivity index (χ1) is 9.41. The predicted molar refractivity (Wildman–Crippen MR) is 79.4 cm³/mol. The molecule has 1 aromatic rings. The van der Waals surface area contributed by atoms with Crippen LogP contribution in [0.15, 0.2) is 48.7 Å². The Labute approximate surface area is 119 Å². The number of rotatable bonds is 3. The van der Waals surface area contributed by atoms with E-state index in [1.165, 1.54) is 11.0 Å². The highest BCUT2D eigenvalue weighted by molar-refractivity contribution is 6.08. The molecule has 2 amide bonds. The third-order valence-electron chi connectivity index (χ3n) is 3.39. The van der Waals surface area contributed by atoms with E-state index in [0.29, 0.717) is 16.9 Å². The van der Waals surface area contributed by atoms with E-state index in [-0.39, 0.29) is 17.9 Å². The molecular formula is C16H18N2O2. The van der Waals surface area contributed by atoms with Crippen molar-refractivity contribution in [1.29, 1.82) is 0 Å². The minimum Gasteiger partial charge on any atom is -0.339 e. The van der Waals surface area contributed by atoms with Crippen molar-refractivity contribution >= 4 is 17.5 Å². The van der Waals surface area contributed by atoms with Crippen LogP contribution in [0.25, 0.3) is 0 Å². The molecule has 0 unspecified atom stereocenters. The lowest BCUT2D eigenvalue weighted by Gasteiger charge is -2.22. The fraction of sp³-hybridized carbons (Fsp3) is 0.250. The number of anilines is 1. The van der Waals surface area contributed by atoms with E-state index in [2.05, 4.69) is 6.58 Å². The second kappa shape index (κ2) is 5.33. The van der Waals surface area contributed by atoms with E-state index in [1.807, 2.05) is 13.8 Å². The number of carbonyl (C=O) groups excluding carboxylic acids is 2. The summed E-state index contributed by atoms with van der Waals surface area (Å²) < 4.78 is 0. The monoisotopic (exact) mass is 270 g/mol. The molecule has 1 aliphatic rings. The Kier molecular flexibility index (Phi) is 3.74. The molecule has 0 N–H and O–H groups in total. The first kappa shape index (κ1) is 14.1. The van der Waals surface area contributed by atoms with Gasteiger partial charge in [0.1, 0.15) is 0 Å². The Hall–Kier alpha value is -2.36. The summed E-state index contributed by atoms with van der Waals surface area (Å²) in [6, 6.07) is 7.13. The van der Waals surface area contributed by atoms with Crippen molar-refractivity contribution < 1.29 is 9.59 Å². The molecule has 2 rings (SSSR count). The van der Waals surface area contributed by atoms with E-state index in [0.717, 1.165) is 0 Å². The van der Waals surface area contributed by atoms with Gasteiger partial charge in [-0.15, -0.1) is 0 Å². The second-order valence-corrected chi connectivity index (χ2v) is 5.05. The minimum atomic E-state index is -0.117. The molecule has 0 saturated carbocycles. The Morgan fingerprint density at radius 3 is 2.25 bits per heavy atom. The van der Waals surface area contributed by atoms with Crippen molar-refractivity contribution in [2.45, 2.75) is 19.9 Å². The fourth-order valence-electron chi connectivity index (χ4n) is 1.94. The molecule has 0 aliphatic carbocycles. The van der Waals surface area contributed by atoms with Crippen LogP contribution in [-0.4, -0.2) is 29.8 Å². The minimum absolute atomic E-state index is 0.0312. The highest BCUT2D eigenvalue weighted by atomic mass is 16.2. The van der Waals surface area contributed by atoms with Crippen molar-refractivity contribution in [3.8, 4) is 0 Å². The van der Waals surface area contributed by atoms with Crippen molar-refractivity contribution in [3.05, 3.63) is 54.3 Å². The van der Waals surface area contributed by atoms with Gasteiger partial charge in [0.2, 0.25) is 0 Å². The molecule has 4 nitrogen and oxygen atoms in total. The molecule has 0 fully saturated rings. The fourth-order valence-corrected chi connectivity index (χ4v) is 1.94. The average molecular weight is 270 g/mol. The summed E-state index contributed by atoms with van der Waals surface area (Å²) in [6.07, 6.45) is 3.15. The number of allylic oxidation sites excluding steroid dienone is 1. The Bertz CT molecular complexity index is 567. The molecule has 1 aromatic carbocycles. The summed E-state index contributed by atoms with van der Waals surface area (Å²) in [7, 11) is 1.77. The number of hydrogen-bond acceptors (Lipinski definition) is 2. The van der Waals surface area contributed by atoms with E-state index >= 15 is 0 Å². The zero-order valence-electron chi connectivity index (χ0n) is 12.0. The molecule has 1 heterocycles. The van der Waals surface area contributed by atoms with Crippen molar-refractivity contribution in [1.82, 2.24) is 4.90 Å². The van der Waals surface area contributed by atoms with E-state index in [4.69, 9.17) is 0 Å². The predicted octanol–water partition coefficient (Wildman–Crippen LogP) is 2.58. The van der Waals surface area contributed by atoms with Crippen molar-refractivity contribution in [2.75, 3.05) is 11.9 Å². The van der Waals surface area contributed by atoms with Crippen LogP contribution in [0.1, 0.15) is 24.2 Å². The van der Waals surface area contributed by atoms with Crippen molar-refractivity contribution in [2.24, 2.45) is 0 Å².